The number of hydrogen-bond donors (Lipinski definition) is 0. The highest BCUT2D eigenvalue weighted by atomic mass is 16.5. The maximum Gasteiger partial charge on any atom is 0.341 e. The Morgan fingerprint density at radius 1 is 1.15 bits per heavy atom. The topological polar surface area (TPSA) is 61.9 Å². The van der Waals surface area contributed by atoms with Crippen LogP contribution in [0.25, 0.3) is 5.69 Å². The molecule has 1 aromatic carbocycles. The first-order valence-corrected chi connectivity index (χ1v) is 8.96. The summed E-state index contributed by atoms with van der Waals surface area (Å²) < 4.78 is 9.54. The Morgan fingerprint density at radius 3 is 2.77 bits per heavy atom. The minimum absolute atomic E-state index is 0.112. The van der Waals surface area contributed by atoms with E-state index in [9.17, 15) is 4.79 Å². The lowest BCUT2D eigenvalue weighted by molar-refractivity contribution is 0.0209. The Labute approximate surface area is 152 Å². The molecular weight excluding hydrogens is 328 g/mol. The first-order valence-electron chi connectivity index (χ1n) is 8.96. The molecule has 0 amide bonds. The zero-order valence-electron chi connectivity index (χ0n) is 15.0. The predicted molar refractivity (Wildman–Crippen MR) is 97.4 cm³/mol. The van der Waals surface area contributed by atoms with Gasteiger partial charge < -0.3 is 4.74 Å². The largest absolute Gasteiger partial charge is 0.456 e. The maximum absolute atomic E-state index is 12.8. The van der Waals surface area contributed by atoms with E-state index < -0.39 is 0 Å². The number of esters is 1. The van der Waals surface area contributed by atoms with E-state index in [0.717, 1.165) is 36.2 Å². The van der Waals surface area contributed by atoms with Crippen LogP contribution in [0.15, 0.2) is 48.9 Å². The maximum atomic E-state index is 12.8. The molecule has 0 spiro atoms. The summed E-state index contributed by atoms with van der Waals surface area (Å²) in [6, 6.07) is 9.99. The Bertz CT molecular complexity index is 914. The van der Waals surface area contributed by atoms with Crippen LogP contribution in [0.5, 0.6) is 0 Å². The number of para-hydroxylation sites is 1. The van der Waals surface area contributed by atoms with Gasteiger partial charge in [-0.05, 0) is 50.8 Å². The van der Waals surface area contributed by atoms with Crippen molar-refractivity contribution in [3.8, 4) is 5.69 Å². The molecule has 0 N–H and O–H groups in total. The SMILES string of the molecule is Cc1ccccc1-n1ncc(C(=O)O[C@@H]2CCC[C@H]2n2cccn2)c1C. The molecule has 1 aliphatic rings. The molecular formula is C20H22N4O2. The number of aryl methyl sites for hydroxylation is 1. The van der Waals surface area contributed by atoms with Crippen LogP contribution in [0.2, 0.25) is 0 Å². The molecule has 0 aliphatic heterocycles. The first kappa shape index (κ1) is 16.6. The summed E-state index contributed by atoms with van der Waals surface area (Å²) in [7, 11) is 0. The molecule has 134 valence electrons. The van der Waals surface area contributed by atoms with Gasteiger partial charge in [0.05, 0.1) is 23.6 Å². The predicted octanol–water partition coefficient (Wildman–Crippen LogP) is 3.64. The van der Waals surface area contributed by atoms with Crippen molar-refractivity contribution in [3.63, 3.8) is 0 Å². The zero-order valence-corrected chi connectivity index (χ0v) is 15.0. The fraction of sp³-hybridized carbons (Fsp3) is 0.350. The summed E-state index contributed by atoms with van der Waals surface area (Å²) in [5.41, 5.74) is 3.38. The number of benzene rings is 1. The fourth-order valence-corrected chi connectivity index (χ4v) is 3.68. The molecule has 0 radical (unpaired) electrons. The first-order chi connectivity index (χ1) is 12.6. The highest BCUT2D eigenvalue weighted by Gasteiger charge is 2.33. The van der Waals surface area contributed by atoms with Crippen LogP contribution in [0.4, 0.5) is 0 Å². The summed E-state index contributed by atoms with van der Waals surface area (Å²) in [6.45, 7) is 3.93. The smallest absolute Gasteiger partial charge is 0.341 e. The van der Waals surface area contributed by atoms with E-state index in [2.05, 4.69) is 10.2 Å². The minimum atomic E-state index is -0.314. The van der Waals surface area contributed by atoms with E-state index in [1.807, 2.05) is 55.1 Å². The van der Waals surface area contributed by atoms with Crippen LogP contribution in [0.3, 0.4) is 0 Å². The Morgan fingerprint density at radius 2 is 2.00 bits per heavy atom. The second kappa shape index (κ2) is 6.78. The van der Waals surface area contributed by atoms with Crippen molar-refractivity contribution < 1.29 is 9.53 Å². The van der Waals surface area contributed by atoms with Crippen LogP contribution < -0.4 is 0 Å². The molecule has 2 heterocycles. The number of rotatable bonds is 4. The van der Waals surface area contributed by atoms with Crippen molar-refractivity contribution in [2.45, 2.75) is 45.3 Å². The number of carbonyl (C=O) groups is 1. The van der Waals surface area contributed by atoms with Gasteiger partial charge in [0.15, 0.2) is 0 Å². The van der Waals surface area contributed by atoms with Gasteiger partial charge >= 0.3 is 5.97 Å². The van der Waals surface area contributed by atoms with Gasteiger partial charge in [-0.1, -0.05) is 18.2 Å². The van der Waals surface area contributed by atoms with Crippen molar-refractivity contribution >= 4 is 5.97 Å². The molecule has 6 nitrogen and oxygen atoms in total. The van der Waals surface area contributed by atoms with Crippen molar-refractivity contribution in [1.82, 2.24) is 19.6 Å². The normalized spacial score (nSPS) is 19.6. The van der Waals surface area contributed by atoms with E-state index in [1.165, 1.54) is 0 Å². The molecule has 1 saturated carbocycles. The number of carbonyl (C=O) groups excluding carboxylic acids is 1. The molecule has 2 atom stereocenters. The van der Waals surface area contributed by atoms with Crippen LogP contribution in [-0.2, 0) is 4.74 Å². The highest BCUT2D eigenvalue weighted by molar-refractivity contribution is 5.90. The molecule has 0 unspecified atom stereocenters. The summed E-state index contributed by atoms with van der Waals surface area (Å²) in [5, 5.41) is 8.72. The molecule has 2 aromatic heterocycles. The lowest BCUT2D eigenvalue weighted by atomic mass is 10.2. The van der Waals surface area contributed by atoms with Crippen molar-refractivity contribution in [2.75, 3.05) is 0 Å². The van der Waals surface area contributed by atoms with Crippen LogP contribution >= 0.6 is 0 Å². The molecule has 4 rings (SSSR count). The van der Waals surface area contributed by atoms with Crippen molar-refractivity contribution in [2.24, 2.45) is 0 Å². The molecule has 1 fully saturated rings. The zero-order chi connectivity index (χ0) is 18.1. The third-order valence-electron chi connectivity index (χ3n) is 5.11. The van der Waals surface area contributed by atoms with E-state index in [-0.39, 0.29) is 18.1 Å². The van der Waals surface area contributed by atoms with E-state index in [1.54, 1.807) is 17.1 Å². The van der Waals surface area contributed by atoms with Crippen molar-refractivity contribution in [1.29, 1.82) is 0 Å². The standard InChI is InChI=1S/C20H22N4O2/c1-14-7-3-4-8-17(14)24-15(2)16(13-22-24)20(25)26-19-10-5-9-18(19)23-12-6-11-21-23/h3-4,6-8,11-13,18-19H,5,9-10H2,1-2H3/t18-,19-/m1/s1. The van der Waals surface area contributed by atoms with Gasteiger partial charge in [0.1, 0.15) is 11.7 Å². The number of aromatic nitrogens is 4. The third kappa shape index (κ3) is 2.92. The van der Waals surface area contributed by atoms with E-state index >= 15 is 0 Å². The summed E-state index contributed by atoms with van der Waals surface area (Å²) in [5.74, 6) is -0.314. The Kier molecular flexibility index (Phi) is 4.32. The van der Waals surface area contributed by atoms with E-state index in [0.29, 0.717) is 5.56 Å². The average Bonchev–Trinajstić information content (AvgIpc) is 3.36. The fourth-order valence-electron chi connectivity index (χ4n) is 3.68. The van der Waals surface area contributed by atoms with Gasteiger partial charge in [-0.25, -0.2) is 9.48 Å². The quantitative estimate of drug-likeness (QED) is 0.674. The molecule has 26 heavy (non-hydrogen) atoms. The van der Waals surface area contributed by atoms with Crippen molar-refractivity contribution in [3.05, 3.63) is 65.7 Å². The molecule has 0 saturated heterocycles. The van der Waals surface area contributed by atoms with Crippen LogP contribution in [0, 0.1) is 13.8 Å². The minimum Gasteiger partial charge on any atom is -0.456 e. The second-order valence-corrected chi connectivity index (χ2v) is 6.77. The summed E-state index contributed by atoms with van der Waals surface area (Å²) in [6.07, 6.45) is 8.00. The Balaban J connectivity index is 1.55. The highest BCUT2D eigenvalue weighted by Crippen LogP contribution is 2.32. The monoisotopic (exact) mass is 350 g/mol. The summed E-state index contributed by atoms with van der Waals surface area (Å²) in [4.78, 5) is 12.8. The molecule has 3 aromatic rings. The average molecular weight is 350 g/mol. The molecule has 0 bridgehead atoms. The second-order valence-electron chi connectivity index (χ2n) is 6.77. The van der Waals surface area contributed by atoms with Gasteiger partial charge in [0.2, 0.25) is 0 Å². The Hall–Kier alpha value is -2.89. The van der Waals surface area contributed by atoms with Gasteiger partial charge in [0, 0.05) is 12.4 Å². The van der Waals surface area contributed by atoms with Gasteiger partial charge in [-0.15, -0.1) is 0 Å². The van der Waals surface area contributed by atoms with E-state index in [4.69, 9.17) is 4.74 Å². The molecule has 6 heteroatoms. The van der Waals surface area contributed by atoms with Gasteiger partial charge in [0.25, 0.3) is 0 Å². The molecule has 1 aliphatic carbocycles. The van der Waals surface area contributed by atoms with Crippen LogP contribution in [-0.4, -0.2) is 31.6 Å². The van der Waals surface area contributed by atoms with Gasteiger partial charge in [-0.2, -0.15) is 10.2 Å². The lowest BCUT2D eigenvalue weighted by Crippen LogP contribution is -2.25. The van der Waals surface area contributed by atoms with Gasteiger partial charge in [-0.3, -0.25) is 4.68 Å². The number of nitrogens with zero attached hydrogens (tertiary/aromatic N) is 4. The third-order valence-corrected chi connectivity index (χ3v) is 5.11. The van der Waals surface area contributed by atoms with Crippen LogP contribution in [0.1, 0.15) is 46.9 Å². The number of ether oxygens (including phenoxy) is 1. The summed E-state index contributed by atoms with van der Waals surface area (Å²) >= 11 is 0. The lowest BCUT2D eigenvalue weighted by Gasteiger charge is -2.20. The number of hydrogen-bond acceptors (Lipinski definition) is 4.